The van der Waals surface area contributed by atoms with Crippen molar-refractivity contribution >= 4 is 56.5 Å². The largest absolute Gasteiger partial charge is 0.289 e. The molecule has 6 nitrogen and oxygen atoms in total. The summed E-state index contributed by atoms with van der Waals surface area (Å²) in [5, 5.41) is 19.2. The van der Waals surface area contributed by atoms with Gasteiger partial charge in [-0.3, -0.25) is 9.59 Å². The molecule has 2 heterocycles. The van der Waals surface area contributed by atoms with Gasteiger partial charge in [-0.15, -0.1) is 22.7 Å². The number of carbonyl (C=O) groups is 2. The quantitative estimate of drug-likeness (QED) is 0.214. The van der Waals surface area contributed by atoms with Crippen LogP contribution in [0.25, 0.3) is 32.0 Å². The fraction of sp³-hybridized carbons (Fsp3) is 0. The Labute approximate surface area is 235 Å². The number of hydrogen-bond acceptors (Lipinski definition) is 6. The van der Waals surface area contributed by atoms with E-state index in [1.54, 1.807) is 60.7 Å². The summed E-state index contributed by atoms with van der Waals surface area (Å²) in [6.07, 6.45) is 0. The minimum atomic E-state index is -0.231. The standard InChI is InChI=1S/C32H12N4O2S2/c1-35-21(15-33)27-17-7-3-5-9-19(17)31(37)29(27)25-13-11-23(39-25)24-12-14-26(40-24)30-28(22(16-34)36-2)18-8-4-6-10-20(18)32(30)38/h3-14H/b24-23+,27-21-,28-22+,29-25+,30-26+. The molecule has 2 aliphatic rings. The number of Topliss-reactive ketones (excluding diaryl/α,β-unsaturated/α-hetero) is 2. The Morgan fingerprint density at radius 1 is 0.575 bits per heavy atom. The summed E-state index contributed by atoms with van der Waals surface area (Å²) in [7, 11) is 0. The van der Waals surface area contributed by atoms with Crippen molar-refractivity contribution in [3.05, 3.63) is 147 Å². The molecule has 40 heavy (non-hydrogen) atoms. The Kier molecular flexibility index (Phi) is 5.92. The number of nitrogens with zero attached hydrogens (tertiary/aromatic N) is 4. The molecule has 2 aromatic carbocycles. The van der Waals surface area contributed by atoms with Gasteiger partial charge in [0.15, 0.2) is 11.6 Å². The highest BCUT2D eigenvalue weighted by Gasteiger charge is 2.34. The highest BCUT2D eigenvalue weighted by Crippen LogP contribution is 2.41. The van der Waals surface area contributed by atoms with Crippen molar-refractivity contribution in [3.63, 3.8) is 0 Å². The van der Waals surface area contributed by atoms with Crippen LogP contribution in [0.15, 0.2) is 84.2 Å². The van der Waals surface area contributed by atoms with Crippen LogP contribution >= 0.6 is 22.7 Å². The van der Waals surface area contributed by atoms with E-state index in [2.05, 4.69) is 9.69 Å². The number of hydrogen-bond donors (Lipinski definition) is 0. The second-order valence-electron chi connectivity index (χ2n) is 8.72. The smallest absolute Gasteiger partial charge is 0.270 e. The summed E-state index contributed by atoms with van der Waals surface area (Å²) >= 11 is 2.72. The maximum absolute atomic E-state index is 13.4. The molecular formula is C32H12N4O2S2. The van der Waals surface area contributed by atoms with Gasteiger partial charge in [-0.2, -0.15) is 0 Å². The second kappa shape index (κ2) is 9.59. The van der Waals surface area contributed by atoms with Crippen molar-refractivity contribution in [3.8, 4) is 12.1 Å². The first-order chi connectivity index (χ1) is 19.5. The van der Waals surface area contributed by atoms with Gasteiger partial charge in [0, 0.05) is 51.5 Å². The van der Waals surface area contributed by atoms with Crippen LogP contribution in [-0.4, -0.2) is 11.6 Å². The number of ketones is 2. The number of benzene rings is 2. The summed E-state index contributed by atoms with van der Waals surface area (Å²) in [6, 6.07) is 25.2. The number of rotatable bonds is 0. The molecule has 0 radical (unpaired) electrons. The Balaban J connectivity index is 1.64. The van der Waals surface area contributed by atoms with Gasteiger partial charge in [0.1, 0.15) is 0 Å². The summed E-state index contributed by atoms with van der Waals surface area (Å²) in [5.74, 6) is -0.463. The maximum Gasteiger partial charge on any atom is 0.270 e. The topological polar surface area (TPSA) is 90.4 Å². The van der Waals surface area contributed by atoms with E-state index in [9.17, 15) is 20.1 Å². The average molecular weight is 549 g/mol. The first-order valence-corrected chi connectivity index (χ1v) is 13.4. The Morgan fingerprint density at radius 2 is 0.925 bits per heavy atom. The summed E-state index contributed by atoms with van der Waals surface area (Å²) in [4.78, 5) is 33.6. The lowest BCUT2D eigenvalue weighted by Crippen LogP contribution is -2.06. The molecule has 0 N–H and O–H groups in total. The molecule has 4 aromatic rings. The van der Waals surface area contributed by atoms with Gasteiger partial charge in [-0.1, -0.05) is 48.5 Å². The van der Waals surface area contributed by atoms with E-state index in [0.717, 1.165) is 9.06 Å². The molecule has 0 atom stereocenters. The number of carbonyl (C=O) groups excluding carboxylic acids is 2. The van der Waals surface area contributed by atoms with E-state index in [1.807, 2.05) is 24.3 Å². The molecule has 0 saturated carbocycles. The average Bonchev–Trinajstić information content (AvgIpc) is 3.76. The van der Waals surface area contributed by atoms with E-state index < -0.39 is 0 Å². The summed E-state index contributed by atoms with van der Waals surface area (Å²) in [5.41, 5.74) is 3.16. The van der Waals surface area contributed by atoms with Crippen molar-refractivity contribution in [2.45, 2.75) is 0 Å². The van der Waals surface area contributed by atoms with Crippen LogP contribution in [0.1, 0.15) is 31.8 Å². The van der Waals surface area contributed by atoms with Gasteiger partial charge in [-0.25, -0.2) is 20.2 Å². The van der Waals surface area contributed by atoms with E-state index in [0.29, 0.717) is 53.6 Å². The third-order valence-electron chi connectivity index (χ3n) is 6.69. The number of nitriles is 2. The highest BCUT2D eigenvalue weighted by molar-refractivity contribution is 7.12. The molecule has 2 aliphatic carbocycles. The lowest BCUT2D eigenvalue weighted by Gasteiger charge is -2.00. The van der Waals surface area contributed by atoms with Gasteiger partial charge in [0.2, 0.25) is 0 Å². The maximum atomic E-state index is 13.4. The molecule has 0 amide bonds. The fourth-order valence-electron chi connectivity index (χ4n) is 5.01. The van der Waals surface area contributed by atoms with E-state index in [-0.39, 0.29) is 23.0 Å². The zero-order valence-electron chi connectivity index (χ0n) is 20.4. The molecule has 8 heteroatoms. The van der Waals surface area contributed by atoms with Crippen LogP contribution in [0.5, 0.6) is 0 Å². The van der Waals surface area contributed by atoms with Gasteiger partial charge in [0.25, 0.3) is 11.4 Å². The van der Waals surface area contributed by atoms with Gasteiger partial charge in [-0.05, 0) is 35.4 Å². The second-order valence-corrected chi connectivity index (χ2v) is 10.9. The molecule has 0 unspecified atom stereocenters. The molecule has 0 fully saturated rings. The van der Waals surface area contributed by atoms with Crippen LogP contribution in [0, 0.1) is 44.9 Å². The van der Waals surface area contributed by atoms with Crippen molar-refractivity contribution in [2.24, 2.45) is 0 Å². The van der Waals surface area contributed by atoms with E-state index >= 15 is 0 Å². The Hall–Kier alpha value is -5.64. The molecule has 184 valence electrons. The minimum absolute atomic E-state index is 0.134. The molecule has 0 aliphatic heterocycles. The zero-order valence-corrected chi connectivity index (χ0v) is 22.0. The molecule has 0 bridgehead atoms. The normalized spacial score (nSPS) is 19.6. The van der Waals surface area contributed by atoms with E-state index in [4.69, 9.17) is 13.1 Å². The molecule has 0 saturated heterocycles. The van der Waals surface area contributed by atoms with Crippen LogP contribution < -0.4 is 9.06 Å². The highest BCUT2D eigenvalue weighted by atomic mass is 32.1. The fourth-order valence-corrected chi connectivity index (χ4v) is 7.21. The van der Waals surface area contributed by atoms with Gasteiger partial charge < -0.3 is 0 Å². The lowest BCUT2D eigenvalue weighted by molar-refractivity contribution is 0.105. The molecule has 6 rings (SSSR count). The van der Waals surface area contributed by atoms with Crippen LogP contribution in [0.4, 0.5) is 0 Å². The third kappa shape index (κ3) is 3.57. The predicted molar refractivity (Wildman–Crippen MR) is 152 cm³/mol. The summed E-state index contributed by atoms with van der Waals surface area (Å²) in [6.45, 7) is 15.0. The van der Waals surface area contributed by atoms with Crippen LogP contribution in [-0.2, 0) is 0 Å². The van der Waals surface area contributed by atoms with Crippen molar-refractivity contribution < 1.29 is 9.59 Å². The van der Waals surface area contributed by atoms with Gasteiger partial charge in [0.05, 0.1) is 25.3 Å². The number of thiophene rings is 2. The number of fused-ring (bicyclic) bond motifs is 2. The van der Waals surface area contributed by atoms with E-state index in [1.165, 1.54) is 22.7 Å². The first kappa shape index (κ1) is 24.7. The molecule has 2 aromatic heterocycles. The predicted octanol–water partition coefficient (Wildman–Crippen LogP) is 5.50. The van der Waals surface area contributed by atoms with Crippen molar-refractivity contribution in [1.29, 1.82) is 10.5 Å². The SMILES string of the molecule is [C-]#[N+]/C(C#N)=C1\C(=c2\cc/c(=c3/cc/c(=C4\C(=O)c5ccccc5\C4=C(\C#N)[N+]#[C-])s3)s2)C(=O)c2ccccc21. The van der Waals surface area contributed by atoms with Crippen LogP contribution in [0.2, 0.25) is 0 Å². The monoisotopic (exact) mass is 548 g/mol. The summed E-state index contributed by atoms with van der Waals surface area (Å²) < 4.78 is 2.94. The zero-order chi connectivity index (χ0) is 28.0. The van der Waals surface area contributed by atoms with Gasteiger partial charge >= 0.3 is 0 Å². The Morgan fingerprint density at radius 3 is 1.27 bits per heavy atom. The number of allylic oxidation sites excluding steroid dienone is 4. The first-order valence-electron chi connectivity index (χ1n) is 11.8. The van der Waals surface area contributed by atoms with Crippen LogP contribution in [0.3, 0.4) is 0 Å². The van der Waals surface area contributed by atoms with Crippen molar-refractivity contribution in [2.75, 3.05) is 0 Å². The molecular weight excluding hydrogens is 537 g/mol. The lowest BCUT2D eigenvalue weighted by atomic mass is 10.0. The van der Waals surface area contributed by atoms with Crippen molar-refractivity contribution in [1.82, 2.24) is 0 Å². The third-order valence-corrected chi connectivity index (χ3v) is 9.09. The minimum Gasteiger partial charge on any atom is -0.289 e. The Bertz CT molecular complexity index is 2110. The molecule has 0 spiro atoms.